The van der Waals surface area contributed by atoms with Gasteiger partial charge < -0.3 is 20.3 Å². The molecule has 2 aromatic heterocycles. The number of benzene rings is 1. The number of carbonyl (C=O) groups excluding carboxylic acids is 2. The normalized spacial score (nSPS) is 15.0. The van der Waals surface area contributed by atoms with E-state index in [-0.39, 0.29) is 23.2 Å². The Morgan fingerprint density at radius 2 is 1.97 bits per heavy atom. The van der Waals surface area contributed by atoms with Gasteiger partial charge in [-0.15, -0.1) is 10.2 Å². The van der Waals surface area contributed by atoms with Crippen LogP contribution in [0.25, 0.3) is 11.4 Å². The summed E-state index contributed by atoms with van der Waals surface area (Å²) in [5, 5.41) is 19.8. The van der Waals surface area contributed by atoms with E-state index in [0.29, 0.717) is 35.9 Å². The van der Waals surface area contributed by atoms with E-state index in [2.05, 4.69) is 30.9 Å². The number of nitrogens with one attached hydrogen (secondary N) is 3. The topological polar surface area (TPSA) is 139 Å². The van der Waals surface area contributed by atoms with E-state index >= 15 is 0 Å². The van der Waals surface area contributed by atoms with Crippen molar-refractivity contribution < 1.29 is 18.4 Å². The summed E-state index contributed by atoms with van der Waals surface area (Å²) in [4.78, 5) is 31.4. The molecule has 4 rings (SSSR count). The molecule has 0 aliphatic carbocycles. The molecule has 3 N–H and O–H groups in total. The van der Waals surface area contributed by atoms with Crippen LogP contribution in [0.4, 0.5) is 22.0 Å². The zero-order valence-electron chi connectivity index (χ0n) is 21.8. The lowest BCUT2D eigenvalue weighted by molar-refractivity contribution is 0.0958. The Balaban J connectivity index is 1.69. The van der Waals surface area contributed by atoms with Crippen LogP contribution >= 0.6 is 0 Å². The average Bonchev–Trinajstić information content (AvgIpc) is 3.29. The number of urea groups is 1. The van der Waals surface area contributed by atoms with Crippen molar-refractivity contribution in [3.05, 3.63) is 36.3 Å². The largest absolute Gasteiger partial charge is 0.494 e. The smallest absolute Gasteiger partial charge is 0.323 e. The van der Waals surface area contributed by atoms with Crippen molar-refractivity contribution in [3.63, 3.8) is 0 Å². The molecule has 0 atom stereocenters. The first-order chi connectivity index (χ1) is 17.6. The minimum atomic E-state index is -2.74. The van der Waals surface area contributed by atoms with Crippen LogP contribution in [0, 0.1) is 0 Å². The Hall–Kier alpha value is -4.22. The number of piperidine rings is 1. The summed E-state index contributed by atoms with van der Waals surface area (Å²) >= 11 is 0. The quantitative estimate of drug-likeness (QED) is 0.501. The molecule has 0 radical (unpaired) electrons. The second-order valence-electron chi connectivity index (χ2n) is 7.68. The van der Waals surface area contributed by atoms with Crippen molar-refractivity contribution >= 4 is 29.1 Å². The van der Waals surface area contributed by atoms with E-state index < -0.39 is 12.9 Å². The summed E-state index contributed by atoms with van der Waals surface area (Å²) in [7, 11) is 3.22. The highest BCUT2D eigenvalue weighted by Gasteiger charge is 2.21. The lowest BCUT2D eigenvalue weighted by Gasteiger charge is -2.26. The van der Waals surface area contributed by atoms with Gasteiger partial charge in [0.15, 0.2) is 23.1 Å². The van der Waals surface area contributed by atoms with Gasteiger partial charge in [0.05, 0.1) is 24.0 Å². The van der Waals surface area contributed by atoms with Crippen LogP contribution in [0.2, 0.25) is 0 Å². The summed E-state index contributed by atoms with van der Waals surface area (Å²) in [6, 6.07) is 6.29. The molecule has 3 amide bonds. The Morgan fingerprint density at radius 1 is 1.15 bits per heavy atom. The fraction of sp³-hybridized carbons (Fsp3) is 0.364. The minimum Gasteiger partial charge on any atom is -0.494 e. The molecular formula is C22H27N9O3. The number of methoxy groups -OCH3 is 1. The van der Waals surface area contributed by atoms with Crippen molar-refractivity contribution in [2.75, 3.05) is 37.8 Å². The van der Waals surface area contributed by atoms with E-state index in [0.717, 1.165) is 19.3 Å². The number of anilines is 3. The van der Waals surface area contributed by atoms with Crippen molar-refractivity contribution in [2.24, 2.45) is 7.05 Å². The summed E-state index contributed by atoms with van der Waals surface area (Å²) in [6.07, 6.45) is 4.46. The SMILES string of the molecule is [2H]C([2H])([2H])NC(=O)c1nnc(NC(=O)N2CCCCC2)cc1Nc1cccc(-c2ncn(C)n2)c1OC. The molecule has 1 saturated heterocycles. The number of aromatic nitrogens is 5. The average molecular weight is 469 g/mol. The molecular weight excluding hydrogens is 438 g/mol. The van der Waals surface area contributed by atoms with Crippen LogP contribution in [0.3, 0.4) is 0 Å². The third-order valence-electron chi connectivity index (χ3n) is 5.33. The van der Waals surface area contributed by atoms with E-state index in [1.54, 1.807) is 41.2 Å². The predicted octanol–water partition coefficient (Wildman–Crippen LogP) is 2.40. The maximum atomic E-state index is 12.7. The summed E-state index contributed by atoms with van der Waals surface area (Å²) in [6.45, 7) is -1.47. The summed E-state index contributed by atoms with van der Waals surface area (Å²) < 4.78 is 29.3. The lowest BCUT2D eigenvalue weighted by atomic mass is 10.1. The van der Waals surface area contributed by atoms with Crippen molar-refractivity contribution in [2.45, 2.75) is 19.3 Å². The molecule has 1 fully saturated rings. The molecule has 12 nitrogen and oxygen atoms in total. The fourth-order valence-electron chi connectivity index (χ4n) is 3.70. The molecule has 0 spiro atoms. The number of hydrogen-bond acceptors (Lipinski definition) is 8. The van der Waals surface area contributed by atoms with Crippen LogP contribution in [-0.2, 0) is 7.05 Å². The van der Waals surface area contributed by atoms with Gasteiger partial charge in [0, 0.05) is 37.3 Å². The minimum absolute atomic E-state index is 0.0880. The number of hydrogen-bond donors (Lipinski definition) is 3. The predicted molar refractivity (Wildman–Crippen MR) is 126 cm³/mol. The molecule has 178 valence electrons. The number of carbonyl (C=O) groups is 2. The Morgan fingerprint density at radius 3 is 2.68 bits per heavy atom. The molecule has 1 aliphatic rings. The van der Waals surface area contributed by atoms with Gasteiger partial charge in [0.25, 0.3) is 5.91 Å². The molecule has 34 heavy (non-hydrogen) atoms. The van der Waals surface area contributed by atoms with Gasteiger partial charge in [0.2, 0.25) is 0 Å². The second kappa shape index (κ2) is 10.1. The number of nitrogens with zero attached hydrogens (tertiary/aromatic N) is 6. The molecule has 12 heteroatoms. The first-order valence-electron chi connectivity index (χ1n) is 12.2. The first-order valence-corrected chi connectivity index (χ1v) is 10.7. The van der Waals surface area contributed by atoms with Gasteiger partial charge in [-0.1, -0.05) is 6.07 Å². The Bertz CT molecular complexity index is 1290. The van der Waals surface area contributed by atoms with Crippen LogP contribution in [-0.4, -0.2) is 69.0 Å². The molecule has 1 aromatic carbocycles. The standard InChI is InChI=1S/C22H27N9O3/c1-23-21(32)18-16(12-17(27-28-18)26-22(33)31-10-5-4-6-11-31)25-15-9-7-8-14(19(15)34-3)20-24-13-30(2)29-20/h7-9,12-13H,4-6,10-11H2,1-3H3,(H,23,32)(H2,25,26,27,33)/i1D3. The summed E-state index contributed by atoms with van der Waals surface area (Å²) in [5.74, 6) is -0.0762. The van der Waals surface area contributed by atoms with E-state index in [4.69, 9.17) is 8.85 Å². The van der Waals surface area contributed by atoms with Crippen LogP contribution in [0.1, 0.15) is 33.9 Å². The third-order valence-corrected chi connectivity index (χ3v) is 5.33. The van der Waals surface area contributed by atoms with Gasteiger partial charge in [-0.25, -0.2) is 9.78 Å². The van der Waals surface area contributed by atoms with Gasteiger partial charge in [-0.05, 0) is 31.4 Å². The number of rotatable bonds is 6. The molecule has 0 unspecified atom stereocenters. The Kier molecular flexibility index (Phi) is 5.75. The number of aryl methyl sites for hydroxylation is 1. The van der Waals surface area contributed by atoms with Gasteiger partial charge in [-0.2, -0.15) is 5.10 Å². The van der Waals surface area contributed by atoms with Crippen LogP contribution in [0.15, 0.2) is 30.6 Å². The third kappa shape index (κ3) is 4.90. The van der Waals surface area contributed by atoms with Gasteiger partial charge >= 0.3 is 6.03 Å². The van der Waals surface area contributed by atoms with E-state index in [9.17, 15) is 9.59 Å². The molecule has 3 aromatic rings. The highest BCUT2D eigenvalue weighted by molar-refractivity contribution is 5.99. The molecule has 3 heterocycles. The maximum Gasteiger partial charge on any atom is 0.323 e. The zero-order chi connectivity index (χ0) is 26.6. The van der Waals surface area contributed by atoms with Crippen molar-refractivity contribution in [1.82, 2.24) is 35.2 Å². The molecule has 0 saturated carbocycles. The highest BCUT2D eigenvalue weighted by atomic mass is 16.5. The van der Waals surface area contributed by atoms with E-state index in [1.807, 2.05) is 5.32 Å². The fourth-order valence-corrected chi connectivity index (χ4v) is 3.70. The van der Waals surface area contributed by atoms with Gasteiger partial charge in [-0.3, -0.25) is 14.8 Å². The van der Waals surface area contributed by atoms with E-state index in [1.165, 1.54) is 13.2 Å². The lowest BCUT2D eigenvalue weighted by Crippen LogP contribution is -2.39. The zero-order valence-corrected chi connectivity index (χ0v) is 18.8. The number of amides is 3. The maximum absolute atomic E-state index is 12.7. The molecule has 0 bridgehead atoms. The van der Waals surface area contributed by atoms with Crippen LogP contribution < -0.4 is 20.7 Å². The van der Waals surface area contributed by atoms with Crippen molar-refractivity contribution in [1.29, 1.82) is 0 Å². The first kappa shape index (κ1) is 19.3. The van der Waals surface area contributed by atoms with Gasteiger partial charge in [0.1, 0.15) is 6.33 Å². The number of para-hydroxylation sites is 1. The number of ether oxygens (including phenoxy) is 1. The summed E-state index contributed by atoms with van der Waals surface area (Å²) in [5.41, 5.74) is 0.838. The molecule has 1 aliphatic heterocycles. The van der Waals surface area contributed by atoms with Crippen LogP contribution in [0.5, 0.6) is 5.75 Å². The number of likely N-dealkylation sites (tertiary alicyclic amines) is 1. The highest BCUT2D eigenvalue weighted by Crippen LogP contribution is 2.37. The second-order valence-corrected chi connectivity index (χ2v) is 7.68. The Labute approximate surface area is 200 Å². The monoisotopic (exact) mass is 468 g/mol. The van der Waals surface area contributed by atoms with Crippen molar-refractivity contribution in [3.8, 4) is 17.1 Å².